The second kappa shape index (κ2) is 7.99. The first-order valence-electron chi connectivity index (χ1n) is 9.98. The lowest BCUT2D eigenvalue weighted by Gasteiger charge is -2.33. The quantitative estimate of drug-likeness (QED) is 0.627. The predicted octanol–water partition coefficient (Wildman–Crippen LogP) is 3.52. The Balaban J connectivity index is 1.41. The van der Waals surface area contributed by atoms with Crippen molar-refractivity contribution in [2.45, 2.75) is 18.9 Å². The summed E-state index contributed by atoms with van der Waals surface area (Å²) in [5.41, 5.74) is 1.01. The van der Waals surface area contributed by atoms with Crippen molar-refractivity contribution in [2.75, 3.05) is 13.2 Å². The monoisotopic (exact) mass is 421 g/mol. The van der Waals surface area contributed by atoms with Crippen LogP contribution >= 0.6 is 11.6 Å². The number of rotatable bonds is 5. The van der Waals surface area contributed by atoms with Crippen LogP contribution < -0.4 is 4.74 Å². The first-order valence-corrected chi connectivity index (χ1v) is 10.4. The third-order valence-corrected chi connectivity index (χ3v) is 6.21. The summed E-state index contributed by atoms with van der Waals surface area (Å²) in [5, 5.41) is 0.571. The Bertz CT molecular complexity index is 1060. The molecular formula is C22H20ClN5O2. The number of halogens is 1. The molecule has 1 saturated heterocycles. The fraction of sp³-hybridized carbons (Fsp3) is 0.318. The van der Waals surface area contributed by atoms with E-state index < -0.39 is 0 Å². The number of carbonyl (C=O) groups is 1. The van der Waals surface area contributed by atoms with Crippen molar-refractivity contribution in [2.24, 2.45) is 11.8 Å². The second-order valence-corrected chi connectivity index (χ2v) is 8.06. The Morgan fingerprint density at radius 2 is 1.90 bits per heavy atom. The molecular weight excluding hydrogens is 402 g/mol. The van der Waals surface area contributed by atoms with E-state index in [-0.39, 0.29) is 11.9 Å². The standard InChI is InChI=1S/C22H20ClN5O2/c23-15-6-10-24-19(11-15)30-13-18-16-5-4-14(16)12-28(18)22(29)20-17(3-1-7-25-20)21-26-8-2-9-27-21/h1-3,6-11,14,16,18H,4-5,12-13H2. The average Bonchev–Trinajstić information content (AvgIpc) is 3.01. The van der Waals surface area contributed by atoms with E-state index in [0.717, 1.165) is 12.8 Å². The molecule has 30 heavy (non-hydrogen) atoms. The maximum atomic E-state index is 13.6. The molecule has 2 aliphatic rings. The van der Waals surface area contributed by atoms with E-state index in [1.54, 1.807) is 49.1 Å². The highest BCUT2D eigenvalue weighted by molar-refractivity contribution is 6.30. The summed E-state index contributed by atoms with van der Waals surface area (Å²) in [7, 11) is 0. The zero-order chi connectivity index (χ0) is 20.5. The number of fused-ring (bicyclic) bond motifs is 1. The number of likely N-dealkylation sites (tertiary alicyclic amines) is 1. The summed E-state index contributed by atoms with van der Waals surface area (Å²) >= 11 is 6.03. The number of ether oxygens (including phenoxy) is 1. The smallest absolute Gasteiger partial charge is 0.273 e. The molecule has 1 aliphatic carbocycles. The number of hydrogen-bond donors (Lipinski definition) is 0. The Morgan fingerprint density at radius 3 is 2.67 bits per heavy atom. The van der Waals surface area contributed by atoms with Gasteiger partial charge in [0.25, 0.3) is 5.91 Å². The minimum atomic E-state index is -0.111. The maximum Gasteiger partial charge on any atom is 0.273 e. The van der Waals surface area contributed by atoms with E-state index in [1.165, 1.54) is 0 Å². The molecule has 1 amide bonds. The molecule has 0 radical (unpaired) electrons. The van der Waals surface area contributed by atoms with Crippen molar-refractivity contribution in [1.29, 1.82) is 0 Å². The van der Waals surface area contributed by atoms with Crippen molar-refractivity contribution in [1.82, 2.24) is 24.8 Å². The van der Waals surface area contributed by atoms with Crippen LogP contribution in [0.15, 0.2) is 55.1 Å². The molecule has 0 aromatic carbocycles. The van der Waals surface area contributed by atoms with Gasteiger partial charge in [0, 0.05) is 42.4 Å². The van der Waals surface area contributed by atoms with Crippen LogP contribution in [0.2, 0.25) is 5.02 Å². The summed E-state index contributed by atoms with van der Waals surface area (Å²) in [6.45, 7) is 1.09. The van der Waals surface area contributed by atoms with Gasteiger partial charge in [0.2, 0.25) is 5.88 Å². The molecule has 3 unspecified atom stereocenters. The number of pyridine rings is 2. The van der Waals surface area contributed by atoms with Gasteiger partial charge in [-0.3, -0.25) is 9.78 Å². The molecule has 5 rings (SSSR count). The molecule has 1 saturated carbocycles. The highest BCUT2D eigenvalue weighted by Gasteiger charge is 2.49. The van der Waals surface area contributed by atoms with Crippen molar-refractivity contribution in [3.63, 3.8) is 0 Å². The van der Waals surface area contributed by atoms with Gasteiger partial charge in [-0.05, 0) is 48.9 Å². The van der Waals surface area contributed by atoms with Crippen LogP contribution in [0, 0.1) is 11.8 Å². The van der Waals surface area contributed by atoms with Crippen LogP contribution in [-0.4, -0.2) is 49.9 Å². The number of nitrogens with zero attached hydrogens (tertiary/aromatic N) is 5. The summed E-state index contributed by atoms with van der Waals surface area (Å²) in [5.74, 6) is 1.80. The van der Waals surface area contributed by atoms with E-state index in [9.17, 15) is 4.79 Å². The van der Waals surface area contributed by atoms with Gasteiger partial charge in [-0.25, -0.2) is 15.0 Å². The minimum Gasteiger partial charge on any atom is -0.475 e. The summed E-state index contributed by atoms with van der Waals surface area (Å²) < 4.78 is 5.92. The van der Waals surface area contributed by atoms with Gasteiger partial charge in [-0.1, -0.05) is 11.6 Å². The fourth-order valence-electron chi connectivity index (χ4n) is 4.36. The number of hydrogen-bond acceptors (Lipinski definition) is 6. The van der Waals surface area contributed by atoms with Gasteiger partial charge in [-0.2, -0.15) is 0 Å². The molecule has 8 heteroatoms. The Labute approximate surface area is 179 Å². The SMILES string of the molecule is O=C(c1ncccc1-c1ncccn1)N1CC2CCC2C1COc1cc(Cl)ccn1. The summed E-state index contributed by atoms with van der Waals surface area (Å²) in [6, 6.07) is 8.74. The molecule has 4 heterocycles. The summed E-state index contributed by atoms with van der Waals surface area (Å²) in [6.07, 6.45) is 8.80. The maximum absolute atomic E-state index is 13.6. The number of amides is 1. The lowest BCUT2D eigenvalue weighted by atomic mass is 9.73. The molecule has 0 N–H and O–H groups in total. The van der Waals surface area contributed by atoms with Gasteiger partial charge in [-0.15, -0.1) is 0 Å². The van der Waals surface area contributed by atoms with Crippen LogP contribution in [0.1, 0.15) is 23.3 Å². The van der Waals surface area contributed by atoms with E-state index in [2.05, 4.69) is 19.9 Å². The number of aromatic nitrogens is 4. The minimum absolute atomic E-state index is 0.0245. The van der Waals surface area contributed by atoms with Crippen LogP contribution in [-0.2, 0) is 0 Å². The van der Waals surface area contributed by atoms with Gasteiger partial charge >= 0.3 is 0 Å². The highest BCUT2D eigenvalue weighted by atomic mass is 35.5. The highest BCUT2D eigenvalue weighted by Crippen LogP contribution is 2.45. The van der Waals surface area contributed by atoms with Gasteiger partial charge in [0.15, 0.2) is 5.82 Å². The predicted molar refractivity (Wildman–Crippen MR) is 111 cm³/mol. The molecule has 2 fully saturated rings. The zero-order valence-electron chi connectivity index (χ0n) is 16.2. The third kappa shape index (κ3) is 3.50. The van der Waals surface area contributed by atoms with E-state index in [1.807, 2.05) is 11.0 Å². The first kappa shape index (κ1) is 18.9. The summed E-state index contributed by atoms with van der Waals surface area (Å²) in [4.78, 5) is 32.6. The van der Waals surface area contributed by atoms with Crippen LogP contribution in [0.25, 0.3) is 11.4 Å². The van der Waals surface area contributed by atoms with Crippen molar-refractivity contribution in [3.05, 3.63) is 65.8 Å². The molecule has 7 nitrogen and oxygen atoms in total. The van der Waals surface area contributed by atoms with Gasteiger partial charge < -0.3 is 9.64 Å². The van der Waals surface area contributed by atoms with Crippen molar-refractivity contribution < 1.29 is 9.53 Å². The first-order chi connectivity index (χ1) is 14.7. The molecule has 0 spiro atoms. The largest absolute Gasteiger partial charge is 0.475 e. The van der Waals surface area contributed by atoms with Crippen molar-refractivity contribution >= 4 is 17.5 Å². The molecule has 3 aromatic heterocycles. The lowest BCUT2D eigenvalue weighted by Crippen LogP contribution is -2.43. The zero-order valence-corrected chi connectivity index (χ0v) is 16.9. The molecule has 0 bridgehead atoms. The van der Waals surface area contributed by atoms with E-state index >= 15 is 0 Å². The Kier molecular flexibility index (Phi) is 5.04. The number of carbonyl (C=O) groups excluding carboxylic acids is 1. The second-order valence-electron chi connectivity index (χ2n) is 7.62. The van der Waals surface area contributed by atoms with Crippen molar-refractivity contribution in [3.8, 4) is 17.3 Å². The Morgan fingerprint density at radius 1 is 1.07 bits per heavy atom. The van der Waals surface area contributed by atoms with E-state index in [0.29, 0.717) is 53.0 Å². The molecule has 3 aromatic rings. The third-order valence-electron chi connectivity index (χ3n) is 5.98. The van der Waals surface area contributed by atoms with E-state index in [4.69, 9.17) is 16.3 Å². The average molecular weight is 422 g/mol. The van der Waals surface area contributed by atoms with Crippen LogP contribution in [0.5, 0.6) is 5.88 Å². The fourth-order valence-corrected chi connectivity index (χ4v) is 4.51. The van der Waals surface area contributed by atoms with Gasteiger partial charge in [0.05, 0.1) is 11.6 Å². The lowest BCUT2D eigenvalue weighted by molar-refractivity contribution is 0.0642. The molecule has 1 aliphatic heterocycles. The van der Waals surface area contributed by atoms with Gasteiger partial charge in [0.1, 0.15) is 12.3 Å². The normalized spacial score (nSPS) is 22.3. The molecule has 152 valence electrons. The van der Waals surface area contributed by atoms with Crippen LogP contribution in [0.4, 0.5) is 0 Å². The van der Waals surface area contributed by atoms with Crippen LogP contribution in [0.3, 0.4) is 0 Å². The Hall–Kier alpha value is -3.06. The topological polar surface area (TPSA) is 81.1 Å². The molecule has 3 atom stereocenters.